The highest BCUT2D eigenvalue weighted by atomic mass is 16.5. The maximum atomic E-state index is 11.1. The largest absolute Gasteiger partial charge is 0.493 e. The molecule has 0 atom stereocenters. The van der Waals surface area contributed by atoms with E-state index < -0.39 is 0 Å². The fourth-order valence-corrected chi connectivity index (χ4v) is 0.980. The van der Waals surface area contributed by atoms with Crippen LogP contribution in [0.4, 0.5) is 0 Å². The van der Waals surface area contributed by atoms with Crippen LogP contribution in [0.3, 0.4) is 0 Å². The van der Waals surface area contributed by atoms with Crippen molar-refractivity contribution in [3.05, 3.63) is 29.8 Å². The van der Waals surface area contributed by atoms with Crippen molar-refractivity contribution < 1.29 is 9.84 Å². The van der Waals surface area contributed by atoms with Crippen LogP contribution in [0.1, 0.15) is 12.5 Å². The second kappa shape index (κ2) is 3.81. The minimum absolute atomic E-state index is 0.0780. The molecule has 1 aromatic carbocycles. The van der Waals surface area contributed by atoms with Gasteiger partial charge in [-0.15, -0.1) is 0 Å². The van der Waals surface area contributed by atoms with Crippen molar-refractivity contribution in [2.24, 2.45) is 0 Å². The lowest BCUT2D eigenvalue weighted by Crippen LogP contribution is -1.83. The second-order valence-corrected chi connectivity index (χ2v) is 2.41. The normalized spacial score (nSPS) is 10.5. The standard InChI is InChI=1S/C10H11O2/c1-3-4-8-5-6-9(11)10(7-8)12-2/h3-7H,1-2H3/b4-3+. The van der Waals surface area contributed by atoms with E-state index in [9.17, 15) is 5.11 Å². The Labute approximate surface area is 72.1 Å². The molecule has 0 aliphatic rings. The third kappa shape index (κ3) is 1.78. The molecule has 0 spiro atoms. The molecule has 0 aliphatic carbocycles. The zero-order chi connectivity index (χ0) is 8.97. The molecule has 0 saturated carbocycles. The molecule has 0 unspecified atom stereocenters. The van der Waals surface area contributed by atoms with Gasteiger partial charge in [-0.1, -0.05) is 18.2 Å². The van der Waals surface area contributed by atoms with E-state index in [1.54, 1.807) is 12.1 Å². The van der Waals surface area contributed by atoms with Crippen LogP contribution >= 0.6 is 0 Å². The quantitative estimate of drug-likeness (QED) is 0.659. The summed E-state index contributed by atoms with van der Waals surface area (Å²) in [4.78, 5) is 0. The lowest BCUT2D eigenvalue weighted by atomic mass is 10.2. The molecule has 1 rings (SSSR count). The van der Waals surface area contributed by atoms with Crippen molar-refractivity contribution in [1.82, 2.24) is 0 Å². The lowest BCUT2D eigenvalue weighted by Gasteiger charge is -2.01. The summed E-state index contributed by atoms with van der Waals surface area (Å²) in [5.74, 6) is 0.316. The van der Waals surface area contributed by atoms with Crippen molar-refractivity contribution in [2.45, 2.75) is 6.92 Å². The second-order valence-electron chi connectivity index (χ2n) is 2.41. The van der Waals surface area contributed by atoms with Crippen LogP contribution in [-0.4, -0.2) is 7.11 Å². The van der Waals surface area contributed by atoms with E-state index in [1.807, 2.05) is 19.1 Å². The van der Waals surface area contributed by atoms with Crippen molar-refractivity contribution in [3.63, 3.8) is 0 Å². The summed E-state index contributed by atoms with van der Waals surface area (Å²) in [5.41, 5.74) is 0.981. The van der Waals surface area contributed by atoms with Crippen LogP contribution in [0.25, 0.3) is 6.08 Å². The minimum Gasteiger partial charge on any atom is -0.493 e. The van der Waals surface area contributed by atoms with Crippen molar-refractivity contribution in [2.75, 3.05) is 7.11 Å². The first-order valence-corrected chi connectivity index (χ1v) is 3.75. The van der Waals surface area contributed by atoms with Gasteiger partial charge in [-0.3, -0.25) is 5.11 Å². The zero-order valence-corrected chi connectivity index (χ0v) is 7.20. The molecule has 0 amide bonds. The molecule has 0 bridgehead atoms. The van der Waals surface area contributed by atoms with Gasteiger partial charge in [-0.25, -0.2) is 0 Å². The average Bonchev–Trinajstić information content (AvgIpc) is 2.09. The average molecular weight is 163 g/mol. The molecule has 2 nitrogen and oxygen atoms in total. The smallest absolute Gasteiger partial charge is 0.220 e. The van der Waals surface area contributed by atoms with Crippen LogP contribution in [0, 0.1) is 0 Å². The molecular formula is C10H11O2. The van der Waals surface area contributed by atoms with Crippen LogP contribution in [0.15, 0.2) is 24.3 Å². The van der Waals surface area contributed by atoms with Gasteiger partial charge in [0.2, 0.25) is 5.75 Å². The summed E-state index contributed by atoms with van der Waals surface area (Å²) in [6.45, 7) is 1.93. The maximum absolute atomic E-state index is 11.1. The molecule has 63 valence electrons. The third-order valence-electron chi connectivity index (χ3n) is 1.55. The summed E-state index contributed by atoms with van der Waals surface area (Å²) in [7, 11) is 1.50. The van der Waals surface area contributed by atoms with Gasteiger partial charge in [0, 0.05) is 0 Å². The Bertz CT molecular complexity index is 290. The third-order valence-corrected chi connectivity index (χ3v) is 1.55. The fraction of sp³-hybridized carbons (Fsp3) is 0.200. The molecule has 12 heavy (non-hydrogen) atoms. The van der Waals surface area contributed by atoms with Gasteiger partial charge in [-0.05, 0) is 24.6 Å². The number of allylic oxidation sites excluding steroid dienone is 1. The molecule has 0 heterocycles. The molecule has 1 aromatic rings. The summed E-state index contributed by atoms with van der Waals surface area (Å²) in [6, 6.07) is 5.00. The van der Waals surface area contributed by atoms with Gasteiger partial charge in [0.15, 0.2) is 5.75 Å². The maximum Gasteiger partial charge on any atom is 0.220 e. The summed E-state index contributed by atoms with van der Waals surface area (Å²) in [5, 5.41) is 11.1. The first kappa shape index (κ1) is 8.65. The Kier molecular flexibility index (Phi) is 2.75. The molecule has 0 aliphatic heterocycles. The van der Waals surface area contributed by atoms with E-state index in [0.717, 1.165) is 5.56 Å². The van der Waals surface area contributed by atoms with Gasteiger partial charge < -0.3 is 4.74 Å². The highest BCUT2D eigenvalue weighted by molar-refractivity contribution is 5.55. The number of rotatable bonds is 2. The molecule has 0 saturated heterocycles. The number of ether oxygens (including phenoxy) is 1. The Morgan fingerprint density at radius 1 is 1.42 bits per heavy atom. The number of hydrogen-bond donors (Lipinski definition) is 0. The van der Waals surface area contributed by atoms with E-state index in [4.69, 9.17) is 4.74 Å². The van der Waals surface area contributed by atoms with E-state index in [-0.39, 0.29) is 5.75 Å². The monoisotopic (exact) mass is 163 g/mol. The van der Waals surface area contributed by atoms with Crippen molar-refractivity contribution in [1.29, 1.82) is 0 Å². The first-order chi connectivity index (χ1) is 5.77. The molecule has 0 aromatic heterocycles. The molecule has 0 N–H and O–H groups in total. The Balaban J connectivity index is 3.05. The fourth-order valence-electron chi connectivity index (χ4n) is 0.980. The highest BCUT2D eigenvalue weighted by Gasteiger charge is 2.01. The summed E-state index contributed by atoms with van der Waals surface area (Å²) < 4.78 is 4.89. The van der Waals surface area contributed by atoms with Crippen molar-refractivity contribution in [3.8, 4) is 11.5 Å². The first-order valence-electron chi connectivity index (χ1n) is 3.75. The minimum atomic E-state index is -0.0780. The molecular weight excluding hydrogens is 152 g/mol. The molecule has 2 heteroatoms. The van der Waals surface area contributed by atoms with Gasteiger partial charge in [-0.2, -0.15) is 0 Å². The Morgan fingerprint density at radius 3 is 2.75 bits per heavy atom. The van der Waals surface area contributed by atoms with Gasteiger partial charge in [0.25, 0.3) is 0 Å². The number of methoxy groups -OCH3 is 1. The van der Waals surface area contributed by atoms with E-state index in [2.05, 4.69) is 0 Å². The van der Waals surface area contributed by atoms with E-state index in [0.29, 0.717) is 5.75 Å². The zero-order valence-electron chi connectivity index (χ0n) is 7.20. The number of benzene rings is 1. The Hall–Kier alpha value is -1.44. The lowest BCUT2D eigenvalue weighted by molar-refractivity contribution is 0.315. The van der Waals surface area contributed by atoms with Gasteiger partial charge in [0.05, 0.1) is 7.11 Å². The predicted octanol–water partition coefficient (Wildman–Crippen LogP) is 2.87. The number of hydrogen-bond acceptors (Lipinski definition) is 1. The summed E-state index contributed by atoms with van der Waals surface area (Å²) >= 11 is 0. The van der Waals surface area contributed by atoms with Crippen molar-refractivity contribution >= 4 is 6.08 Å². The van der Waals surface area contributed by atoms with Crippen LogP contribution in [0.2, 0.25) is 0 Å². The van der Waals surface area contributed by atoms with Crippen LogP contribution in [-0.2, 0) is 5.11 Å². The molecule has 1 radical (unpaired) electrons. The summed E-state index contributed by atoms with van der Waals surface area (Å²) in [6.07, 6.45) is 3.83. The SMILES string of the molecule is C/C=C/c1ccc([O])c(OC)c1. The van der Waals surface area contributed by atoms with Crippen LogP contribution < -0.4 is 4.74 Å². The van der Waals surface area contributed by atoms with Gasteiger partial charge >= 0.3 is 0 Å². The predicted molar refractivity (Wildman–Crippen MR) is 47.8 cm³/mol. The topological polar surface area (TPSA) is 29.1 Å². The Morgan fingerprint density at radius 2 is 2.17 bits per heavy atom. The van der Waals surface area contributed by atoms with Gasteiger partial charge in [0.1, 0.15) is 0 Å². The van der Waals surface area contributed by atoms with Crippen LogP contribution in [0.5, 0.6) is 11.5 Å². The molecule has 0 fully saturated rings. The van der Waals surface area contributed by atoms with E-state index >= 15 is 0 Å². The highest BCUT2D eigenvalue weighted by Crippen LogP contribution is 2.27. The van der Waals surface area contributed by atoms with E-state index in [1.165, 1.54) is 13.2 Å².